The lowest BCUT2D eigenvalue weighted by Crippen LogP contribution is -2.29. The molecule has 140 valence electrons. The molecule has 0 aliphatic carbocycles. The maximum Gasteiger partial charge on any atom is 0.235 e. The van der Waals surface area contributed by atoms with Crippen LogP contribution < -0.4 is 9.03 Å². The molecule has 1 N–H and O–H groups in total. The zero-order valence-electron chi connectivity index (χ0n) is 14.5. The Balaban J connectivity index is 1.76. The number of benzene rings is 2. The van der Waals surface area contributed by atoms with Gasteiger partial charge in [0.05, 0.1) is 17.2 Å². The van der Waals surface area contributed by atoms with E-state index in [0.29, 0.717) is 24.2 Å². The molecule has 2 aromatic carbocycles. The first-order valence-corrected chi connectivity index (χ1v) is 11.7. The molecule has 8 heteroatoms. The molecular weight excluding hydrogens is 372 g/mol. The average molecular weight is 395 g/mol. The molecule has 0 aromatic heterocycles. The van der Waals surface area contributed by atoms with Crippen LogP contribution >= 0.6 is 0 Å². The van der Waals surface area contributed by atoms with Gasteiger partial charge in [0.15, 0.2) is 0 Å². The topological polar surface area (TPSA) is 83.6 Å². The van der Waals surface area contributed by atoms with E-state index in [1.54, 1.807) is 55.5 Å². The van der Waals surface area contributed by atoms with Crippen molar-refractivity contribution >= 4 is 25.7 Å². The van der Waals surface area contributed by atoms with Crippen LogP contribution in [-0.4, -0.2) is 29.1 Å². The van der Waals surface area contributed by atoms with Crippen molar-refractivity contribution in [2.45, 2.75) is 25.1 Å². The Kier molecular flexibility index (Phi) is 5.36. The predicted octanol–water partition coefficient (Wildman–Crippen LogP) is 2.41. The monoisotopic (exact) mass is 394 g/mol. The van der Waals surface area contributed by atoms with Crippen LogP contribution in [0, 0.1) is 0 Å². The van der Waals surface area contributed by atoms with Gasteiger partial charge in [0.1, 0.15) is 0 Å². The Morgan fingerprint density at radius 3 is 2.50 bits per heavy atom. The fraction of sp³-hybridized carbons (Fsp3) is 0.333. The maximum atomic E-state index is 12.4. The summed E-state index contributed by atoms with van der Waals surface area (Å²) in [5.74, 6) is 0.0505. The number of hydrogen-bond donors (Lipinski definition) is 1. The summed E-state index contributed by atoms with van der Waals surface area (Å²) in [5.41, 5.74) is 2.01. The molecule has 2 aromatic rings. The quantitative estimate of drug-likeness (QED) is 0.815. The van der Waals surface area contributed by atoms with Crippen molar-refractivity contribution in [3.05, 3.63) is 65.7 Å². The van der Waals surface area contributed by atoms with Gasteiger partial charge >= 0.3 is 0 Å². The lowest BCUT2D eigenvalue weighted by atomic mass is 10.1. The number of anilines is 1. The highest BCUT2D eigenvalue weighted by Crippen LogP contribution is 2.27. The zero-order chi connectivity index (χ0) is 18.8. The molecule has 1 atom stereocenters. The van der Waals surface area contributed by atoms with Gasteiger partial charge in [0.2, 0.25) is 20.0 Å². The lowest BCUT2D eigenvalue weighted by Gasteiger charge is -2.20. The van der Waals surface area contributed by atoms with E-state index in [1.807, 2.05) is 6.07 Å². The second-order valence-electron chi connectivity index (χ2n) is 6.42. The second-order valence-corrected chi connectivity index (χ2v) is 10.2. The van der Waals surface area contributed by atoms with Crippen LogP contribution in [-0.2, 0) is 25.8 Å². The average Bonchev–Trinajstić information content (AvgIpc) is 2.94. The van der Waals surface area contributed by atoms with Crippen molar-refractivity contribution in [2.75, 3.05) is 16.6 Å². The van der Waals surface area contributed by atoms with Crippen LogP contribution in [0.4, 0.5) is 5.69 Å². The molecular formula is C18H22N2O4S2. The Bertz CT molecular complexity index is 973. The van der Waals surface area contributed by atoms with Gasteiger partial charge in [-0.2, -0.15) is 0 Å². The summed E-state index contributed by atoms with van der Waals surface area (Å²) in [7, 11) is -6.78. The van der Waals surface area contributed by atoms with Crippen LogP contribution in [0.25, 0.3) is 0 Å². The van der Waals surface area contributed by atoms with Gasteiger partial charge in [-0.15, -0.1) is 0 Å². The number of rotatable bonds is 6. The summed E-state index contributed by atoms with van der Waals surface area (Å²) >= 11 is 0. The minimum Gasteiger partial charge on any atom is -0.270 e. The van der Waals surface area contributed by atoms with Crippen LogP contribution in [0.2, 0.25) is 0 Å². The van der Waals surface area contributed by atoms with Crippen LogP contribution in [0.15, 0.2) is 54.6 Å². The molecule has 1 aliphatic rings. The molecule has 0 amide bonds. The summed E-state index contributed by atoms with van der Waals surface area (Å²) in [6.07, 6.45) is 0.603. The first-order valence-electron chi connectivity index (χ1n) is 8.41. The first kappa shape index (κ1) is 18.9. The Morgan fingerprint density at radius 2 is 1.85 bits per heavy atom. The standard InChI is InChI=1S/C18H22N2O4S2/c1-15(19-25(21,22)14-16-7-3-2-4-8-16)17-9-5-10-18(13-17)20-11-6-12-26(20,23)24/h2-5,7-10,13,15,19H,6,11-12,14H2,1H3. The molecule has 0 saturated carbocycles. The van der Waals surface area contributed by atoms with Gasteiger partial charge in [-0.05, 0) is 36.6 Å². The van der Waals surface area contributed by atoms with Crippen molar-refractivity contribution in [3.8, 4) is 0 Å². The number of hydrogen-bond acceptors (Lipinski definition) is 4. The van der Waals surface area contributed by atoms with E-state index in [2.05, 4.69) is 4.72 Å². The molecule has 1 heterocycles. The van der Waals surface area contributed by atoms with Gasteiger partial charge in [0, 0.05) is 12.6 Å². The van der Waals surface area contributed by atoms with Crippen molar-refractivity contribution in [3.63, 3.8) is 0 Å². The van der Waals surface area contributed by atoms with E-state index in [1.165, 1.54) is 4.31 Å². The summed E-state index contributed by atoms with van der Waals surface area (Å²) in [6.45, 7) is 2.21. The van der Waals surface area contributed by atoms with Crippen LogP contribution in [0.3, 0.4) is 0 Å². The van der Waals surface area contributed by atoms with Crippen molar-refractivity contribution in [1.29, 1.82) is 0 Å². The molecule has 0 spiro atoms. The van der Waals surface area contributed by atoms with Crippen molar-refractivity contribution in [1.82, 2.24) is 4.72 Å². The second kappa shape index (κ2) is 7.38. The van der Waals surface area contributed by atoms with Gasteiger partial charge in [-0.1, -0.05) is 42.5 Å². The molecule has 0 radical (unpaired) electrons. The maximum absolute atomic E-state index is 12.4. The summed E-state index contributed by atoms with van der Waals surface area (Å²) in [5, 5.41) is 0. The van der Waals surface area contributed by atoms with E-state index >= 15 is 0 Å². The minimum absolute atomic E-state index is 0.0988. The highest BCUT2D eigenvalue weighted by Gasteiger charge is 2.28. The Hall–Kier alpha value is -1.90. The van der Waals surface area contributed by atoms with Gasteiger partial charge in [0.25, 0.3) is 0 Å². The molecule has 6 nitrogen and oxygen atoms in total. The third-order valence-corrected chi connectivity index (χ3v) is 7.61. The van der Waals surface area contributed by atoms with E-state index in [9.17, 15) is 16.8 Å². The highest BCUT2D eigenvalue weighted by molar-refractivity contribution is 7.93. The molecule has 1 unspecified atom stereocenters. The van der Waals surface area contributed by atoms with Crippen molar-refractivity contribution < 1.29 is 16.8 Å². The van der Waals surface area contributed by atoms with E-state index < -0.39 is 26.1 Å². The first-order chi connectivity index (χ1) is 12.3. The minimum atomic E-state index is -3.52. The molecule has 26 heavy (non-hydrogen) atoms. The largest absolute Gasteiger partial charge is 0.270 e. The molecule has 1 saturated heterocycles. The molecule has 1 aliphatic heterocycles. The fourth-order valence-corrected chi connectivity index (χ4v) is 6.00. The predicted molar refractivity (Wildman–Crippen MR) is 103 cm³/mol. The number of nitrogens with one attached hydrogen (secondary N) is 1. The van der Waals surface area contributed by atoms with Crippen molar-refractivity contribution in [2.24, 2.45) is 0 Å². The molecule has 3 rings (SSSR count). The Labute approximate surface area is 155 Å². The van der Waals surface area contributed by atoms with Crippen LogP contribution in [0.5, 0.6) is 0 Å². The summed E-state index contributed by atoms with van der Waals surface area (Å²) < 4.78 is 53.1. The molecule has 0 bridgehead atoms. The zero-order valence-corrected chi connectivity index (χ0v) is 16.1. The smallest absolute Gasteiger partial charge is 0.235 e. The summed E-state index contributed by atoms with van der Waals surface area (Å²) in [4.78, 5) is 0. The fourth-order valence-electron chi connectivity index (χ4n) is 3.05. The SMILES string of the molecule is CC(NS(=O)(=O)Cc1ccccc1)c1cccc(N2CCCS2(=O)=O)c1. The van der Waals surface area contributed by atoms with E-state index in [-0.39, 0.29) is 11.5 Å². The normalized spacial score (nSPS) is 18.0. The highest BCUT2D eigenvalue weighted by atomic mass is 32.2. The Morgan fingerprint density at radius 1 is 1.12 bits per heavy atom. The lowest BCUT2D eigenvalue weighted by molar-refractivity contribution is 0.566. The third kappa shape index (κ3) is 4.44. The van der Waals surface area contributed by atoms with E-state index in [0.717, 1.165) is 5.56 Å². The van der Waals surface area contributed by atoms with Gasteiger partial charge in [-0.3, -0.25) is 4.31 Å². The van der Waals surface area contributed by atoms with Crippen LogP contribution in [0.1, 0.15) is 30.5 Å². The molecule has 1 fully saturated rings. The van der Waals surface area contributed by atoms with E-state index in [4.69, 9.17) is 0 Å². The van der Waals surface area contributed by atoms with Gasteiger partial charge in [-0.25, -0.2) is 21.6 Å². The number of sulfonamides is 2. The summed E-state index contributed by atoms with van der Waals surface area (Å²) in [6, 6.07) is 15.5. The third-order valence-electron chi connectivity index (χ3n) is 4.31. The van der Waals surface area contributed by atoms with Gasteiger partial charge < -0.3 is 0 Å². The number of nitrogens with zero attached hydrogens (tertiary/aromatic N) is 1.